The Labute approximate surface area is 118 Å². The Morgan fingerprint density at radius 3 is 2.16 bits per heavy atom. The molecular weight excluding hydrogens is 266 g/mol. The molecule has 0 aliphatic carbocycles. The van der Waals surface area contributed by atoms with Gasteiger partial charge in [0.2, 0.25) is 5.91 Å². The molecule has 0 radical (unpaired) electrons. The molecule has 3 amide bonds. The quantitative estimate of drug-likeness (QED) is 0.565. The number of nitrogens with one attached hydrogen (secondary N) is 1. The first kappa shape index (κ1) is 15.8. The Morgan fingerprint density at radius 2 is 1.74 bits per heavy atom. The second-order valence-electron chi connectivity index (χ2n) is 5.10. The number of hydrogen-bond donors (Lipinski definition) is 3. The van der Waals surface area contributed by atoms with Crippen LogP contribution in [0.5, 0.6) is 0 Å². The van der Waals surface area contributed by atoms with Gasteiger partial charge in [-0.25, -0.2) is 4.79 Å². The van der Waals surface area contributed by atoms with E-state index in [0.717, 1.165) is 26.2 Å². The summed E-state index contributed by atoms with van der Waals surface area (Å²) in [4.78, 5) is 26.6. The van der Waals surface area contributed by atoms with Crippen molar-refractivity contribution in [3.05, 3.63) is 0 Å². The first-order valence-electron chi connectivity index (χ1n) is 6.10. The van der Waals surface area contributed by atoms with Crippen molar-refractivity contribution >= 4 is 29.1 Å². The van der Waals surface area contributed by atoms with Crippen LogP contribution in [-0.4, -0.2) is 65.0 Å². The van der Waals surface area contributed by atoms with Crippen LogP contribution in [0.2, 0.25) is 0 Å². The summed E-state index contributed by atoms with van der Waals surface area (Å²) in [6.45, 7) is 7.14. The molecule has 1 saturated heterocycles. The molecular formula is C11H21N5O2S. The van der Waals surface area contributed by atoms with Crippen molar-refractivity contribution in [3.8, 4) is 0 Å². The number of imide groups is 1. The van der Waals surface area contributed by atoms with Crippen LogP contribution < -0.4 is 16.8 Å². The number of amides is 3. The maximum Gasteiger partial charge on any atom is 0.318 e. The van der Waals surface area contributed by atoms with Gasteiger partial charge in [0.15, 0.2) is 0 Å². The van der Waals surface area contributed by atoms with E-state index in [1.54, 1.807) is 0 Å². The first-order chi connectivity index (χ1) is 8.73. The monoisotopic (exact) mass is 287 g/mol. The van der Waals surface area contributed by atoms with Gasteiger partial charge in [-0.2, -0.15) is 0 Å². The van der Waals surface area contributed by atoms with Crippen molar-refractivity contribution in [2.24, 2.45) is 11.5 Å². The zero-order valence-electron chi connectivity index (χ0n) is 11.3. The maximum absolute atomic E-state index is 11.4. The molecule has 1 heterocycles. The molecule has 1 fully saturated rings. The summed E-state index contributed by atoms with van der Waals surface area (Å²) in [5.41, 5.74) is 10.3. The Balaban J connectivity index is 2.43. The summed E-state index contributed by atoms with van der Waals surface area (Å²) in [5.74, 6) is -0.380. The van der Waals surface area contributed by atoms with Gasteiger partial charge < -0.3 is 11.5 Å². The van der Waals surface area contributed by atoms with Crippen molar-refractivity contribution in [1.82, 2.24) is 15.1 Å². The van der Waals surface area contributed by atoms with Crippen LogP contribution in [0.1, 0.15) is 13.8 Å². The van der Waals surface area contributed by atoms with E-state index in [2.05, 4.69) is 10.2 Å². The molecule has 108 valence electrons. The van der Waals surface area contributed by atoms with Gasteiger partial charge >= 0.3 is 6.03 Å². The fraction of sp³-hybridized carbons (Fsp3) is 0.727. The lowest BCUT2D eigenvalue weighted by Gasteiger charge is -2.43. The van der Waals surface area contributed by atoms with Gasteiger partial charge in [-0.05, 0) is 13.8 Å². The Bertz CT molecular complexity index is 377. The van der Waals surface area contributed by atoms with Gasteiger partial charge in [-0.15, -0.1) is 0 Å². The van der Waals surface area contributed by atoms with E-state index in [4.69, 9.17) is 23.7 Å². The molecule has 0 spiro atoms. The zero-order valence-corrected chi connectivity index (χ0v) is 12.1. The van der Waals surface area contributed by atoms with Gasteiger partial charge in [0.1, 0.15) is 0 Å². The molecule has 0 atom stereocenters. The second kappa shape index (κ2) is 6.27. The van der Waals surface area contributed by atoms with Crippen LogP contribution in [0.3, 0.4) is 0 Å². The van der Waals surface area contributed by atoms with E-state index in [1.165, 1.54) is 0 Å². The van der Waals surface area contributed by atoms with Crippen molar-refractivity contribution < 1.29 is 9.59 Å². The number of thiocarbonyl (C=S) groups is 1. The number of nitrogens with zero attached hydrogens (tertiary/aromatic N) is 2. The minimum Gasteiger partial charge on any atom is -0.392 e. The average molecular weight is 287 g/mol. The van der Waals surface area contributed by atoms with Crippen LogP contribution >= 0.6 is 12.2 Å². The van der Waals surface area contributed by atoms with Crippen LogP contribution in [0, 0.1) is 0 Å². The number of primary amides is 1. The van der Waals surface area contributed by atoms with Gasteiger partial charge in [0.05, 0.1) is 17.1 Å². The summed E-state index contributed by atoms with van der Waals surface area (Å²) in [5, 5.41) is 2.05. The van der Waals surface area contributed by atoms with Crippen LogP contribution in [0.4, 0.5) is 4.79 Å². The normalized spacial score (nSPS) is 18.0. The number of piperazine rings is 1. The molecule has 19 heavy (non-hydrogen) atoms. The molecule has 0 aromatic heterocycles. The number of urea groups is 1. The predicted molar refractivity (Wildman–Crippen MR) is 76.6 cm³/mol. The molecule has 8 heteroatoms. The minimum atomic E-state index is -0.821. The number of rotatable bonds is 4. The number of carbonyl (C=O) groups excluding carboxylic acids is 2. The van der Waals surface area contributed by atoms with E-state index in [-0.39, 0.29) is 18.0 Å². The Hall–Kier alpha value is -1.25. The highest BCUT2D eigenvalue weighted by Gasteiger charge is 2.32. The van der Waals surface area contributed by atoms with Gasteiger partial charge in [-0.1, -0.05) is 12.2 Å². The topological polar surface area (TPSA) is 105 Å². The average Bonchev–Trinajstić information content (AvgIpc) is 2.28. The third kappa shape index (κ3) is 4.41. The molecule has 1 rings (SSSR count). The van der Waals surface area contributed by atoms with E-state index in [9.17, 15) is 9.59 Å². The SMILES string of the molecule is CC(C)(C(N)=S)N1CCN(CC(=O)NC(N)=O)CC1. The standard InChI is InChI=1S/C11H21N5O2S/c1-11(2,9(12)19)16-5-3-15(4-6-16)7-8(17)14-10(13)18/h3-7H2,1-2H3,(H2,12,19)(H3,13,14,17,18). The van der Waals surface area contributed by atoms with E-state index in [1.807, 2.05) is 18.7 Å². The van der Waals surface area contributed by atoms with Gasteiger partial charge in [0, 0.05) is 26.2 Å². The molecule has 0 saturated carbocycles. The summed E-state index contributed by atoms with van der Waals surface area (Å²) >= 11 is 5.07. The molecule has 1 aliphatic heterocycles. The number of carbonyl (C=O) groups is 2. The third-order valence-electron chi connectivity index (χ3n) is 3.40. The lowest BCUT2D eigenvalue weighted by Crippen LogP contribution is -2.60. The molecule has 0 bridgehead atoms. The summed E-state index contributed by atoms with van der Waals surface area (Å²) in [6, 6.07) is -0.821. The highest BCUT2D eigenvalue weighted by Crippen LogP contribution is 2.17. The summed E-state index contributed by atoms with van der Waals surface area (Å²) in [7, 11) is 0. The largest absolute Gasteiger partial charge is 0.392 e. The molecule has 5 N–H and O–H groups in total. The lowest BCUT2D eigenvalue weighted by molar-refractivity contribution is -0.121. The van der Waals surface area contributed by atoms with Crippen molar-refractivity contribution in [2.45, 2.75) is 19.4 Å². The molecule has 0 aromatic rings. The van der Waals surface area contributed by atoms with Gasteiger partial charge in [0.25, 0.3) is 0 Å². The molecule has 0 aromatic carbocycles. The minimum absolute atomic E-state index is 0.171. The number of hydrogen-bond acceptors (Lipinski definition) is 5. The van der Waals surface area contributed by atoms with Crippen molar-refractivity contribution in [1.29, 1.82) is 0 Å². The zero-order chi connectivity index (χ0) is 14.6. The number of nitrogens with two attached hydrogens (primary N) is 2. The molecule has 0 unspecified atom stereocenters. The highest BCUT2D eigenvalue weighted by molar-refractivity contribution is 7.80. The van der Waals surface area contributed by atoms with Crippen molar-refractivity contribution in [2.75, 3.05) is 32.7 Å². The van der Waals surface area contributed by atoms with Crippen LogP contribution in [-0.2, 0) is 4.79 Å². The maximum atomic E-state index is 11.4. The summed E-state index contributed by atoms with van der Waals surface area (Å²) in [6.07, 6.45) is 0. The predicted octanol–water partition coefficient (Wildman–Crippen LogP) is -1.14. The highest BCUT2D eigenvalue weighted by atomic mass is 32.1. The van der Waals surface area contributed by atoms with E-state index >= 15 is 0 Å². The smallest absolute Gasteiger partial charge is 0.318 e. The van der Waals surface area contributed by atoms with E-state index < -0.39 is 6.03 Å². The fourth-order valence-electron chi connectivity index (χ4n) is 2.00. The Morgan fingerprint density at radius 1 is 1.21 bits per heavy atom. The summed E-state index contributed by atoms with van der Waals surface area (Å²) < 4.78 is 0. The van der Waals surface area contributed by atoms with Crippen molar-refractivity contribution in [3.63, 3.8) is 0 Å². The fourth-order valence-corrected chi connectivity index (χ4v) is 2.13. The van der Waals surface area contributed by atoms with Gasteiger partial charge in [-0.3, -0.25) is 19.9 Å². The van der Waals surface area contributed by atoms with Crippen LogP contribution in [0.25, 0.3) is 0 Å². The second-order valence-corrected chi connectivity index (χ2v) is 5.54. The lowest BCUT2D eigenvalue weighted by atomic mass is 10.0. The first-order valence-corrected chi connectivity index (χ1v) is 6.51. The Kier molecular flexibility index (Phi) is 5.21. The van der Waals surface area contributed by atoms with E-state index in [0.29, 0.717) is 4.99 Å². The molecule has 1 aliphatic rings. The molecule has 7 nitrogen and oxygen atoms in total. The third-order valence-corrected chi connectivity index (χ3v) is 3.90. The van der Waals surface area contributed by atoms with Crippen LogP contribution in [0.15, 0.2) is 0 Å².